The molecule has 1 heterocycles. The first-order valence-electron chi connectivity index (χ1n) is 9.74. The van der Waals surface area contributed by atoms with Gasteiger partial charge in [-0.2, -0.15) is 0 Å². The van der Waals surface area contributed by atoms with Crippen LogP contribution >= 0.6 is 11.8 Å². The fourth-order valence-corrected chi connectivity index (χ4v) is 3.60. The van der Waals surface area contributed by atoms with Gasteiger partial charge >= 0.3 is 0 Å². The second-order valence-corrected chi connectivity index (χ2v) is 7.71. The Morgan fingerprint density at radius 3 is 2.63 bits per heavy atom. The molecule has 158 valence electrons. The molecule has 30 heavy (non-hydrogen) atoms. The number of nitrogens with zero attached hydrogens (tertiary/aromatic N) is 3. The molecule has 1 N–H and O–H groups in total. The maximum atomic E-state index is 12.3. The van der Waals surface area contributed by atoms with Gasteiger partial charge in [-0.15, -0.1) is 10.2 Å². The Kier molecular flexibility index (Phi) is 7.35. The molecule has 1 atom stereocenters. The number of amides is 1. The third-order valence-corrected chi connectivity index (χ3v) is 5.34. The molecule has 0 aliphatic carbocycles. The third kappa shape index (κ3) is 5.76. The van der Waals surface area contributed by atoms with Crippen molar-refractivity contribution >= 4 is 23.4 Å². The van der Waals surface area contributed by atoms with Crippen LogP contribution in [0.5, 0.6) is 11.5 Å². The summed E-state index contributed by atoms with van der Waals surface area (Å²) in [6.45, 7) is 6.49. The highest BCUT2D eigenvalue weighted by molar-refractivity contribution is 7.99. The number of nitrogens with one attached hydrogen (secondary N) is 1. The van der Waals surface area contributed by atoms with Crippen LogP contribution < -0.4 is 14.8 Å². The lowest BCUT2D eigenvalue weighted by molar-refractivity contribution is -0.113. The lowest BCUT2D eigenvalue weighted by Gasteiger charge is -2.14. The van der Waals surface area contributed by atoms with E-state index in [4.69, 9.17) is 9.47 Å². The van der Waals surface area contributed by atoms with E-state index in [1.54, 1.807) is 0 Å². The van der Waals surface area contributed by atoms with Gasteiger partial charge in [-0.1, -0.05) is 23.9 Å². The molecular weight excluding hydrogens is 400 g/mol. The molecule has 7 nitrogen and oxygen atoms in total. The van der Waals surface area contributed by atoms with Crippen LogP contribution in [0.3, 0.4) is 0 Å². The number of aryl methyl sites for hydroxylation is 1. The fraction of sp³-hybridized carbons (Fsp3) is 0.318. The zero-order valence-electron chi connectivity index (χ0n) is 17.6. The molecule has 1 amide bonds. The van der Waals surface area contributed by atoms with Gasteiger partial charge in [0.15, 0.2) is 17.1 Å². The van der Waals surface area contributed by atoms with E-state index in [1.807, 2.05) is 80.9 Å². The van der Waals surface area contributed by atoms with Gasteiger partial charge in [0, 0.05) is 12.7 Å². The Morgan fingerprint density at radius 1 is 1.17 bits per heavy atom. The average molecular weight is 427 g/mol. The molecule has 1 unspecified atom stereocenters. The third-order valence-electron chi connectivity index (χ3n) is 4.32. The number of aromatic nitrogens is 3. The van der Waals surface area contributed by atoms with Gasteiger partial charge in [0.05, 0.1) is 12.4 Å². The maximum Gasteiger partial charge on any atom is 0.234 e. The monoisotopic (exact) mass is 426 g/mol. The molecule has 8 heteroatoms. The molecule has 0 saturated carbocycles. The highest BCUT2D eigenvalue weighted by Crippen LogP contribution is 2.24. The van der Waals surface area contributed by atoms with Crippen molar-refractivity contribution in [3.8, 4) is 11.5 Å². The summed E-state index contributed by atoms with van der Waals surface area (Å²) in [4.78, 5) is 12.3. The van der Waals surface area contributed by atoms with Crippen molar-refractivity contribution in [1.82, 2.24) is 14.8 Å². The number of carbonyl (C=O) groups excluding carboxylic acids is 1. The second-order valence-electron chi connectivity index (χ2n) is 6.77. The first kappa shape index (κ1) is 21.7. The number of rotatable bonds is 9. The maximum absolute atomic E-state index is 12.3. The molecular formula is C22H26N4O3S. The Hall–Kier alpha value is -3.00. The lowest BCUT2D eigenvalue weighted by atomic mass is 10.2. The summed E-state index contributed by atoms with van der Waals surface area (Å²) in [6, 6.07) is 15.2. The predicted octanol–water partition coefficient (Wildman–Crippen LogP) is 4.39. The van der Waals surface area contributed by atoms with E-state index in [9.17, 15) is 4.79 Å². The molecule has 1 aromatic heterocycles. The van der Waals surface area contributed by atoms with Crippen LogP contribution in [0.15, 0.2) is 53.7 Å². The van der Waals surface area contributed by atoms with Crippen molar-refractivity contribution in [3.63, 3.8) is 0 Å². The number of carbonyl (C=O) groups is 1. The Labute approximate surface area is 180 Å². The summed E-state index contributed by atoms with van der Waals surface area (Å²) >= 11 is 1.33. The summed E-state index contributed by atoms with van der Waals surface area (Å²) in [5.41, 5.74) is 1.86. The van der Waals surface area contributed by atoms with Gasteiger partial charge in [-0.25, -0.2) is 0 Å². The molecule has 0 spiro atoms. The van der Waals surface area contributed by atoms with E-state index in [0.717, 1.165) is 22.7 Å². The molecule has 0 aliphatic heterocycles. The van der Waals surface area contributed by atoms with Crippen LogP contribution in [0.4, 0.5) is 5.69 Å². The van der Waals surface area contributed by atoms with Gasteiger partial charge in [0.25, 0.3) is 0 Å². The van der Waals surface area contributed by atoms with Gasteiger partial charge in [0.2, 0.25) is 5.91 Å². The number of hydrogen-bond donors (Lipinski definition) is 1. The van der Waals surface area contributed by atoms with Crippen LogP contribution in [0.25, 0.3) is 0 Å². The first-order valence-corrected chi connectivity index (χ1v) is 10.7. The number of anilines is 1. The molecule has 0 saturated heterocycles. The number of thioether (sulfide) groups is 1. The van der Waals surface area contributed by atoms with E-state index in [-0.39, 0.29) is 17.8 Å². The van der Waals surface area contributed by atoms with Crippen molar-refractivity contribution in [3.05, 3.63) is 59.9 Å². The van der Waals surface area contributed by atoms with Gasteiger partial charge in [-0.3, -0.25) is 4.79 Å². The Bertz CT molecular complexity index is 988. The number of hydrogen-bond acceptors (Lipinski definition) is 6. The molecule has 0 radical (unpaired) electrons. The van der Waals surface area contributed by atoms with Crippen molar-refractivity contribution in [2.45, 2.75) is 32.0 Å². The smallest absolute Gasteiger partial charge is 0.234 e. The van der Waals surface area contributed by atoms with Gasteiger partial charge in [-0.05, 0) is 62.7 Å². The van der Waals surface area contributed by atoms with E-state index in [0.29, 0.717) is 17.6 Å². The van der Waals surface area contributed by atoms with Crippen molar-refractivity contribution in [2.75, 3.05) is 17.7 Å². The summed E-state index contributed by atoms with van der Waals surface area (Å²) in [5.74, 6) is 2.38. The summed E-state index contributed by atoms with van der Waals surface area (Å²) in [6.07, 6.45) is -0.267. The average Bonchev–Trinajstić information content (AvgIpc) is 3.09. The van der Waals surface area contributed by atoms with Crippen LogP contribution in [0.1, 0.15) is 31.3 Å². The standard InChI is InChI=1S/C22H26N4O3S/c1-5-28-18-11-9-17(10-12-18)23-20(27)14-30-22-25-24-21(26(22)4)16(3)29-19-8-6-7-15(2)13-19/h6-13,16H,5,14H2,1-4H3,(H,23,27). The van der Waals surface area contributed by atoms with Crippen LogP contribution in [-0.2, 0) is 11.8 Å². The topological polar surface area (TPSA) is 78.3 Å². The highest BCUT2D eigenvalue weighted by atomic mass is 32.2. The zero-order valence-corrected chi connectivity index (χ0v) is 18.4. The fourth-order valence-electron chi connectivity index (χ4n) is 2.88. The normalized spacial score (nSPS) is 11.7. The SMILES string of the molecule is CCOc1ccc(NC(=O)CSc2nnc(C(C)Oc3cccc(C)c3)n2C)cc1. The van der Waals surface area contributed by atoms with E-state index < -0.39 is 0 Å². The summed E-state index contributed by atoms with van der Waals surface area (Å²) in [5, 5.41) is 12.0. The summed E-state index contributed by atoms with van der Waals surface area (Å²) in [7, 11) is 1.87. The molecule has 0 aliphatic rings. The molecule has 3 aromatic rings. The van der Waals surface area contributed by atoms with Gasteiger partial charge in [0.1, 0.15) is 11.5 Å². The van der Waals surface area contributed by atoms with Crippen LogP contribution in [0, 0.1) is 6.92 Å². The van der Waals surface area contributed by atoms with Crippen molar-refractivity contribution < 1.29 is 14.3 Å². The first-order chi connectivity index (χ1) is 14.5. The van der Waals surface area contributed by atoms with Crippen molar-refractivity contribution in [1.29, 1.82) is 0 Å². The van der Waals surface area contributed by atoms with Crippen LogP contribution in [0.2, 0.25) is 0 Å². The second kappa shape index (κ2) is 10.2. The summed E-state index contributed by atoms with van der Waals surface area (Å²) < 4.78 is 13.2. The number of benzene rings is 2. The molecule has 0 fully saturated rings. The molecule has 3 rings (SSSR count). The Morgan fingerprint density at radius 2 is 1.93 bits per heavy atom. The van der Waals surface area contributed by atoms with E-state index >= 15 is 0 Å². The quantitative estimate of drug-likeness (QED) is 0.511. The van der Waals surface area contributed by atoms with Crippen molar-refractivity contribution in [2.24, 2.45) is 7.05 Å². The number of ether oxygens (including phenoxy) is 2. The minimum Gasteiger partial charge on any atom is -0.494 e. The lowest BCUT2D eigenvalue weighted by Crippen LogP contribution is -2.14. The van der Waals surface area contributed by atoms with Crippen LogP contribution in [-0.4, -0.2) is 33.0 Å². The molecule has 0 bridgehead atoms. The largest absolute Gasteiger partial charge is 0.494 e. The minimum absolute atomic E-state index is 0.113. The van der Waals surface area contributed by atoms with Gasteiger partial charge < -0.3 is 19.4 Å². The predicted molar refractivity (Wildman–Crippen MR) is 118 cm³/mol. The minimum atomic E-state index is -0.267. The Balaban J connectivity index is 1.54. The van der Waals surface area contributed by atoms with E-state index in [1.165, 1.54) is 11.8 Å². The highest BCUT2D eigenvalue weighted by Gasteiger charge is 2.18. The molecule has 2 aromatic carbocycles. The zero-order chi connectivity index (χ0) is 21.5. The van der Waals surface area contributed by atoms with E-state index in [2.05, 4.69) is 15.5 Å².